The van der Waals surface area contributed by atoms with Crippen LogP contribution in [0.25, 0.3) is 0 Å². The molecule has 3 heterocycles. The summed E-state index contributed by atoms with van der Waals surface area (Å²) in [4.78, 5) is 29.1. The molecule has 9 nitrogen and oxygen atoms in total. The molecule has 172 valence electrons. The summed E-state index contributed by atoms with van der Waals surface area (Å²) >= 11 is 1.68. The van der Waals surface area contributed by atoms with Crippen LogP contribution in [0.15, 0.2) is 23.5 Å². The van der Waals surface area contributed by atoms with Crippen molar-refractivity contribution in [3.05, 3.63) is 28.6 Å². The van der Waals surface area contributed by atoms with Crippen LogP contribution >= 0.6 is 11.3 Å². The summed E-state index contributed by atoms with van der Waals surface area (Å²) in [7, 11) is 0. The largest absolute Gasteiger partial charge is 0.442 e. The molecule has 3 fully saturated rings. The van der Waals surface area contributed by atoms with Gasteiger partial charge in [0.15, 0.2) is 0 Å². The molecule has 0 radical (unpaired) electrons. The highest BCUT2D eigenvalue weighted by atomic mass is 32.1. The van der Waals surface area contributed by atoms with Gasteiger partial charge in [0.25, 0.3) is 0 Å². The summed E-state index contributed by atoms with van der Waals surface area (Å²) in [5.74, 6) is 0.430. The molecule has 4 aliphatic rings. The third kappa shape index (κ3) is 4.43. The molecule has 0 aromatic carbocycles. The van der Waals surface area contributed by atoms with Gasteiger partial charge in [0.2, 0.25) is 11.0 Å². The Bertz CT molecular complexity index is 953. The molecule has 2 saturated heterocycles. The van der Waals surface area contributed by atoms with Crippen molar-refractivity contribution in [2.45, 2.75) is 44.4 Å². The van der Waals surface area contributed by atoms with E-state index in [1.165, 1.54) is 24.7 Å². The first-order chi connectivity index (χ1) is 15.5. The Hall–Kier alpha value is -2.69. The van der Waals surface area contributed by atoms with Crippen LogP contribution in [-0.2, 0) is 9.53 Å². The van der Waals surface area contributed by atoms with Gasteiger partial charge in [-0.25, -0.2) is 9.18 Å². The number of aromatic nitrogens is 2. The Morgan fingerprint density at radius 1 is 1.22 bits per heavy atom. The van der Waals surface area contributed by atoms with E-state index in [2.05, 4.69) is 25.3 Å². The van der Waals surface area contributed by atoms with Crippen molar-refractivity contribution in [3.8, 4) is 0 Å². The van der Waals surface area contributed by atoms with Gasteiger partial charge in [-0.1, -0.05) is 11.3 Å². The minimum atomic E-state index is -1.17. The van der Waals surface area contributed by atoms with E-state index in [9.17, 15) is 9.59 Å². The van der Waals surface area contributed by atoms with E-state index in [1.807, 2.05) is 6.08 Å². The van der Waals surface area contributed by atoms with Gasteiger partial charge in [-0.05, 0) is 25.0 Å². The van der Waals surface area contributed by atoms with Crippen molar-refractivity contribution in [2.24, 2.45) is 0 Å². The number of hydrogen-bond donors (Lipinski definition) is 1. The van der Waals surface area contributed by atoms with Gasteiger partial charge in [0.1, 0.15) is 17.3 Å². The third-order valence-electron chi connectivity index (χ3n) is 6.23. The van der Waals surface area contributed by atoms with Crippen LogP contribution in [0.5, 0.6) is 0 Å². The summed E-state index contributed by atoms with van der Waals surface area (Å²) in [5.41, 5.74) is 1.27. The lowest BCUT2D eigenvalue weighted by Gasteiger charge is -2.39. The molecule has 1 aromatic heterocycles. The van der Waals surface area contributed by atoms with Gasteiger partial charge in [-0.2, -0.15) is 0 Å². The smallest absolute Gasteiger partial charge is 0.414 e. The lowest BCUT2D eigenvalue weighted by molar-refractivity contribution is -0.119. The zero-order valence-corrected chi connectivity index (χ0v) is 18.8. The van der Waals surface area contributed by atoms with Crippen molar-refractivity contribution in [1.82, 2.24) is 25.3 Å². The molecule has 1 unspecified atom stereocenters. The Labute approximate surface area is 189 Å². The number of ether oxygens (including phenoxy) is 1. The zero-order valence-electron chi connectivity index (χ0n) is 18.0. The SMILES string of the molecule is CC(=O)NC[C@H]1CN(C2=CC=C(N3CCN(c4nnc(C5CC5)s4)CC3)C(F)C2)C(=O)O1. The number of nitrogens with one attached hydrogen (secondary N) is 1. The van der Waals surface area contributed by atoms with Crippen molar-refractivity contribution in [1.29, 1.82) is 0 Å². The highest BCUT2D eigenvalue weighted by Crippen LogP contribution is 2.42. The molecule has 1 aromatic rings. The van der Waals surface area contributed by atoms with Crippen LogP contribution in [0.2, 0.25) is 0 Å². The summed E-state index contributed by atoms with van der Waals surface area (Å²) in [6.07, 6.45) is 4.07. The van der Waals surface area contributed by atoms with Crippen LogP contribution in [0.3, 0.4) is 0 Å². The van der Waals surface area contributed by atoms with E-state index >= 15 is 4.39 Å². The van der Waals surface area contributed by atoms with Crippen LogP contribution in [0, 0.1) is 0 Å². The normalized spacial score (nSPS) is 26.1. The Morgan fingerprint density at radius 3 is 2.66 bits per heavy atom. The van der Waals surface area contributed by atoms with Crippen LogP contribution in [0.1, 0.15) is 37.1 Å². The summed E-state index contributed by atoms with van der Waals surface area (Å²) in [6.45, 7) is 4.98. The number of hydrogen-bond acceptors (Lipinski definition) is 8. The molecule has 2 aliphatic carbocycles. The summed E-state index contributed by atoms with van der Waals surface area (Å²) in [6, 6.07) is 0. The molecule has 0 bridgehead atoms. The van der Waals surface area contributed by atoms with E-state index in [1.54, 1.807) is 17.4 Å². The molecule has 1 saturated carbocycles. The fourth-order valence-electron chi connectivity index (χ4n) is 4.27. The zero-order chi connectivity index (χ0) is 22.2. The second-order valence-electron chi connectivity index (χ2n) is 8.65. The highest BCUT2D eigenvalue weighted by Gasteiger charge is 2.37. The van der Waals surface area contributed by atoms with Crippen LogP contribution in [-0.4, -0.2) is 83.5 Å². The minimum Gasteiger partial charge on any atom is -0.442 e. The number of alkyl halides is 1. The number of carbonyl (C=O) groups is 2. The molecule has 32 heavy (non-hydrogen) atoms. The van der Waals surface area contributed by atoms with Gasteiger partial charge in [-0.15, -0.1) is 10.2 Å². The molecule has 5 rings (SSSR count). The predicted octanol–water partition coefficient (Wildman–Crippen LogP) is 2.00. The van der Waals surface area contributed by atoms with Crippen molar-refractivity contribution in [2.75, 3.05) is 44.2 Å². The van der Waals surface area contributed by atoms with Gasteiger partial charge >= 0.3 is 6.09 Å². The van der Waals surface area contributed by atoms with Crippen molar-refractivity contribution >= 4 is 28.5 Å². The van der Waals surface area contributed by atoms with Crippen LogP contribution < -0.4 is 10.2 Å². The molecular formula is C21H27FN6O3S. The van der Waals surface area contributed by atoms with Gasteiger partial charge in [0, 0.05) is 56.8 Å². The molecule has 1 N–H and O–H groups in total. The number of anilines is 1. The fourth-order valence-corrected chi connectivity index (χ4v) is 5.34. The first kappa shape index (κ1) is 21.2. The summed E-state index contributed by atoms with van der Waals surface area (Å²) in [5, 5.41) is 13.4. The van der Waals surface area contributed by atoms with Crippen LogP contribution in [0.4, 0.5) is 14.3 Å². The number of allylic oxidation sites excluding steroid dienone is 4. The quantitative estimate of drug-likeness (QED) is 0.692. The monoisotopic (exact) mass is 462 g/mol. The number of piperazine rings is 1. The summed E-state index contributed by atoms with van der Waals surface area (Å²) < 4.78 is 20.4. The maximum Gasteiger partial charge on any atom is 0.414 e. The Kier molecular flexibility index (Phi) is 5.75. The second kappa shape index (κ2) is 8.68. The molecule has 11 heteroatoms. The van der Waals surface area contributed by atoms with Crippen molar-refractivity contribution in [3.63, 3.8) is 0 Å². The van der Waals surface area contributed by atoms with Gasteiger partial charge in [0.05, 0.1) is 13.1 Å². The van der Waals surface area contributed by atoms with E-state index in [0.29, 0.717) is 23.9 Å². The third-order valence-corrected chi connectivity index (χ3v) is 7.37. The second-order valence-corrected chi connectivity index (χ2v) is 9.63. The molecule has 2 atom stereocenters. The number of nitrogens with zero attached hydrogens (tertiary/aromatic N) is 5. The lowest BCUT2D eigenvalue weighted by atomic mass is 10.0. The van der Waals surface area contributed by atoms with E-state index < -0.39 is 18.4 Å². The standard InChI is InChI=1S/C21H27FN6O3S/c1-13(29)23-11-16-12-28(21(30)31-16)15-4-5-18(17(22)10-15)26-6-8-27(9-7-26)20-25-24-19(32-20)14-2-3-14/h4-5,14,16-17H,2-3,6-12H2,1H3,(H,23,29)/t16-,17?/m0/s1. The average molecular weight is 463 g/mol. The van der Waals surface area contributed by atoms with Gasteiger partial charge in [-0.3, -0.25) is 9.69 Å². The number of cyclic esters (lactones) is 1. The molecule has 2 amide bonds. The van der Waals surface area contributed by atoms with E-state index in [-0.39, 0.29) is 18.9 Å². The Balaban J connectivity index is 1.18. The average Bonchev–Trinajstić information content (AvgIpc) is 3.39. The molecule has 0 spiro atoms. The number of amides is 2. The van der Waals surface area contributed by atoms with Gasteiger partial charge < -0.3 is 19.9 Å². The Morgan fingerprint density at radius 2 is 1.97 bits per heavy atom. The predicted molar refractivity (Wildman–Crippen MR) is 117 cm³/mol. The first-order valence-corrected chi connectivity index (χ1v) is 11.9. The topological polar surface area (TPSA) is 90.9 Å². The lowest BCUT2D eigenvalue weighted by Crippen LogP contribution is -2.47. The maximum atomic E-state index is 15.1. The number of rotatable bonds is 6. The number of carbonyl (C=O) groups excluding carboxylic acids is 2. The first-order valence-electron chi connectivity index (χ1n) is 11.1. The fraction of sp³-hybridized carbons (Fsp3) is 0.619. The molecule has 2 aliphatic heterocycles. The van der Waals surface area contributed by atoms with Crippen molar-refractivity contribution < 1.29 is 18.7 Å². The van der Waals surface area contributed by atoms with E-state index in [4.69, 9.17) is 4.74 Å². The molecular weight excluding hydrogens is 435 g/mol. The minimum absolute atomic E-state index is 0.134. The highest BCUT2D eigenvalue weighted by molar-refractivity contribution is 7.15. The van der Waals surface area contributed by atoms with E-state index in [0.717, 1.165) is 36.3 Å². The maximum absolute atomic E-state index is 15.1. The number of halogens is 1.